The minimum atomic E-state index is -3.14. The molecule has 1 unspecified atom stereocenters. The highest BCUT2D eigenvalue weighted by Crippen LogP contribution is 2.20. The van der Waals surface area contributed by atoms with Crippen molar-refractivity contribution in [3.05, 3.63) is 29.3 Å². The molecule has 0 aliphatic carbocycles. The van der Waals surface area contributed by atoms with Crippen LogP contribution < -0.4 is 0 Å². The van der Waals surface area contributed by atoms with Crippen LogP contribution in [-0.4, -0.2) is 50.4 Å². The second kappa shape index (κ2) is 7.57. The molecule has 4 nitrogen and oxygen atoms in total. The number of sulfone groups is 1. The van der Waals surface area contributed by atoms with Gasteiger partial charge in [-0.15, -0.1) is 0 Å². The van der Waals surface area contributed by atoms with Gasteiger partial charge in [0.15, 0.2) is 9.84 Å². The molecule has 22 heavy (non-hydrogen) atoms. The number of fused-ring (bicyclic) bond motifs is 1. The molecule has 0 radical (unpaired) electrons. The molecule has 0 saturated carbocycles. The van der Waals surface area contributed by atoms with Crippen LogP contribution in [0.25, 0.3) is 0 Å². The van der Waals surface area contributed by atoms with Crippen molar-refractivity contribution in [3.63, 3.8) is 0 Å². The van der Waals surface area contributed by atoms with E-state index in [9.17, 15) is 13.5 Å². The number of aliphatic hydroxyl groups excluding tert-OH is 1. The van der Waals surface area contributed by atoms with Crippen LogP contribution in [-0.2, 0) is 22.7 Å². The molecule has 0 spiro atoms. The standard InChI is InChI=1S/C17H27NO3S/c1-3-4-5-16(19)13-18-10-8-14-6-7-17(22(2,20)21)12-15(14)9-11-18/h6-7,12,16,19H,3-5,8-11,13H2,1-2H3. The molecular formula is C17H27NO3S. The van der Waals surface area contributed by atoms with Gasteiger partial charge in [-0.25, -0.2) is 8.42 Å². The predicted molar refractivity (Wildman–Crippen MR) is 88.9 cm³/mol. The lowest BCUT2D eigenvalue weighted by atomic mass is 10.0. The molecule has 1 aliphatic rings. The molecule has 1 aromatic carbocycles. The van der Waals surface area contributed by atoms with Crippen LogP contribution in [0.5, 0.6) is 0 Å². The summed E-state index contributed by atoms with van der Waals surface area (Å²) in [6.07, 6.45) is 5.79. The highest BCUT2D eigenvalue weighted by atomic mass is 32.2. The van der Waals surface area contributed by atoms with E-state index >= 15 is 0 Å². The number of hydrogen-bond acceptors (Lipinski definition) is 4. The van der Waals surface area contributed by atoms with E-state index in [1.807, 2.05) is 12.1 Å². The Hall–Kier alpha value is -0.910. The normalized spacial score (nSPS) is 17.8. The van der Waals surface area contributed by atoms with E-state index in [1.165, 1.54) is 11.8 Å². The number of benzene rings is 1. The maximum absolute atomic E-state index is 11.7. The third-order valence-corrected chi connectivity index (χ3v) is 5.47. The summed E-state index contributed by atoms with van der Waals surface area (Å²) >= 11 is 0. The fourth-order valence-electron chi connectivity index (χ4n) is 2.99. The largest absolute Gasteiger partial charge is 0.392 e. The molecule has 1 aliphatic heterocycles. The van der Waals surface area contributed by atoms with Crippen LogP contribution in [0.15, 0.2) is 23.1 Å². The Bertz CT molecular complexity index is 598. The molecule has 2 rings (SSSR count). The summed E-state index contributed by atoms with van der Waals surface area (Å²) in [5.41, 5.74) is 2.37. The first-order valence-corrected chi connectivity index (χ1v) is 10.0. The monoisotopic (exact) mass is 325 g/mol. The third kappa shape index (κ3) is 4.80. The minimum Gasteiger partial charge on any atom is -0.392 e. The summed E-state index contributed by atoms with van der Waals surface area (Å²) in [5, 5.41) is 10.1. The first-order chi connectivity index (χ1) is 10.4. The Morgan fingerprint density at radius 1 is 1.23 bits per heavy atom. The lowest BCUT2D eigenvalue weighted by Crippen LogP contribution is -2.34. The SMILES string of the molecule is CCCCC(O)CN1CCc2ccc(S(C)(=O)=O)cc2CC1. The molecule has 1 atom stereocenters. The molecule has 1 N–H and O–H groups in total. The summed E-state index contributed by atoms with van der Waals surface area (Å²) in [6, 6.07) is 5.48. The van der Waals surface area contributed by atoms with Crippen LogP contribution in [0.3, 0.4) is 0 Å². The van der Waals surface area contributed by atoms with Crippen molar-refractivity contribution in [3.8, 4) is 0 Å². The number of aliphatic hydroxyl groups is 1. The van der Waals surface area contributed by atoms with Crippen LogP contribution in [0, 0.1) is 0 Å². The second-order valence-corrected chi connectivity index (χ2v) is 8.32. The summed E-state index contributed by atoms with van der Waals surface area (Å²) in [6.45, 7) is 4.65. The van der Waals surface area contributed by atoms with Crippen molar-refractivity contribution in [2.24, 2.45) is 0 Å². The zero-order valence-corrected chi connectivity index (χ0v) is 14.4. The highest BCUT2D eigenvalue weighted by Gasteiger charge is 2.18. The summed E-state index contributed by atoms with van der Waals surface area (Å²) in [7, 11) is -3.14. The Kier molecular flexibility index (Phi) is 6.01. The van der Waals surface area contributed by atoms with Gasteiger partial charge in [0.05, 0.1) is 11.0 Å². The van der Waals surface area contributed by atoms with Crippen molar-refractivity contribution < 1.29 is 13.5 Å². The van der Waals surface area contributed by atoms with E-state index in [2.05, 4.69) is 11.8 Å². The zero-order chi connectivity index (χ0) is 16.2. The fraction of sp³-hybridized carbons (Fsp3) is 0.647. The Morgan fingerprint density at radius 3 is 2.55 bits per heavy atom. The van der Waals surface area contributed by atoms with Crippen LogP contribution in [0.2, 0.25) is 0 Å². The van der Waals surface area contributed by atoms with Crippen molar-refractivity contribution in [2.75, 3.05) is 25.9 Å². The summed E-state index contributed by atoms with van der Waals surface area (Å²) in [4.78, 5) is 2.70. The molecule has 0 bridgehead atoms. The van der Waals surface area contributed by atoms with Gasteiger partial charge in [0.1, 0.15) is 0 Å². The van der Waals surface area contributed by atoms with E-state index in [1.54, 1.807) is 6.07 Å². The van der Waals surface area contributed by atoms with E-state index in [-0.39, 0.29) is 6.10 Å². The topological polar surface area (TPSA) is 57.6 Å². The molecule has 1 aromatic rings. The van der Waals surface area contributed by atoms with Crippen LogP contribution in [0.4, 0.5) is 0 Å². The van der Waals surface area contributed by atoms with Gasteiger partial charge in [0.2, 0.25) is 0 Å². The van der Waals surface area contributed by atoms with Crippen molar-refractivity contribution in [1.82, 2.24) is 4.90 Å². The average Bonchev–Trinajstić information content (AvgIpc) is 2.66. The third-order valence-electron chi connectivity index (χ3n) is 4.36. The quantitative estimate of drug-likeness (QED) is 0.869. The molecular weight excluding hydrogens is 298 g/mol. The van der Waals surface area contributed by atoms with Crippen LogP contribution >= 0.6 is 0 Å². The summed E-state index contributed by atoms with van der Waals surface area (Å²) in [5.74, 6) is 0. The van der Waals surface area contributed by atoms with Gasteiger partial charge < -0.3 is 10.0 Å². The van der Waals surface area contributed by atoms with E-state index in [4.69, 9.17) is 0 Å². The van der Waals surface area contributed by atoms with Gasteiger partial charge in [-0.05, 0) is 42.5 Å². The Balaban J connectivity index is 2.01. The predicted octanol–water partition coefficient (Wildman–Crippen LogP) is 2.04. The minimum absolute atomic E-state index is 0.257. The molecule has 124 valence electrons. The number of nitrogens with zero attached hydrogens (tertiary/aromatic N) is 1. The van der Waals surface area contributed by atoms with Gasteiger partial charge >= 0.3 is 0 Å². The maximum Gasteiger partial charge on any atom is 0.175 e. The second-order valence-electron chi connectivity index (χ2n) is 6.30. The van der Waals surface area contributed by atoms with Crippen molar-refractivity contribution >= 4 is 9.84 Å². The number of β-amino-alcohol motifs (C(OH)–C–C–N with tert-alkyl or cyclic N) is 1. The first-order valence-electron chi connectivity index (χ1n) is 8.12. The number of unbranched alkanes of at least 4 members (excludes halogenated alkanes) is 1. The molecule has 5 heteroatoms. The van der Waals surface area contributed by atoms with Gasteiger partial charge in [-0.3, -0.25) is 0 Å². The van der Waals surface area contributed by atoms with E-state index in [0.717, 1.165) is 50.8 Å². The fourth-order valence-corrected chi connectivity index (χ4v) is 3.66. The van der Waals surface area contributed by atoms with Gasteiger partial charge in [0, 0.05) is 25.9 Å². The van der Waals surface area contributed by atoms with E-state index < -0.39 is 9.84 Å². The van der Waals surface area contributed by atoms with Crippen molar-refractivity contribution in [1.29, 1.82) is 0 Å². The summed E-state index contributed by atoms with van der Waals surface area (Å²) < 4.78 is 23.3. The maximum atomic E-state index is 11.7. The van der Waals surface area contributed by atoms with Crippen LogP contribution in [0.1, 0.15) is 37.3 Å². The first kappa shape index (κ1) is 17.4. The number of hydrogen-bond donors (Lipinski definition) is 1. The lowest BCUT2D eigenvalue weighted by Gasteiger charge is -2.23. The molecule has 0 aromatic heterocycles. The van der Waals surface area contributed by atoms with Gasteiger partial charge in [-0.1, -0.05) is 25.8 Å². The highest BCUT2D eigenvalue weighted by molar-refractivity contribution is 7.90. The molecule has 1 heterocycles. The molecule has 0 fully saturated rings. The Morgan fingerprint density at radius 2 is 1.91 bits per heavy atom. The lowest BCUT2D eigenvalue weighted by molar-refractivity contribution is 0.105. The Labute approximate surface area is 134 Å². The zero-order valence-electron chi connectivity index (χ0n) is 13.6. The van der Waals surface area contributed by atoms with Gasteiger partial charge in [-0.2, -0.15) is 0 Å². The van der Waals surface area contributed by atoms with Gasteiger partial charge in [0.25, 0.3) is 0 Å². The molecule has 0 saturated heterocycles. The van der Waals surface area contributed by atoms with Crippen molar-refractivity contribution in [2.45, 2.75) is 50.0 Å². The number of rotatable bonds is 6. The molecule has 0 amide bonds. The van der Waals surface area contributed by atoms with E-state index in [0.29, 0.717) is 11.4 Å². The smallest absolute Gasteiger partial charge is 0.175 e. The average molecular weight is 325 g/mol.